The third-order valence-electron chi connectivity index (χ3n) is 2.53. The van der Waals surface area contributed by atoms with Gasteiger partial charge in [0.1, 0.15) is 5.03 Å². The van der Waals surface area contributed by atoms with Gasteiger partial charge in [-0.25, -0.2) is 4.98 Å². The fraction of sp³-hybridized carbons (Fsp3) is 0.214. The van der Waals surface area contributed by atoms with E-state index in [1.165, 1.54) is 5.56 Å². The molecule has 0 saturated heterocycles. The molecule has 2 rings (SSSR count). The van der Waals surface area contributed by atoms with Crippen LogP contribution in [0.2, 0.25) is 5.02 Å². The summed E-state index contributed by atoms with van der Waals surface area (Å²) in [6.07, 6.45) is 1.79. The van der Waals surface area contributed by atoms with Crippen molar-refractivity contribution in [2.75, 3.05) is 6.54 Å². The monoisotopic (exact) mass is 356 g/mol. The maximum atomic E-state index is 6.09. The summed E-state index contributed by atoms with van der Waals surface area (Å²) < 4.78 is 0.995. The Morgan fingerprint density at radius 3 is 2.95 bits per heavy atom. The molecule has 0 bridgehead atoms. The summed E-state index contributed by atoms with van der Waals surface area (Å²) in [6, 6.07) is 9.87. The second-order valence-corrected chi connectivity index (χ2v) is 6.25. The Morgan fingerprint density at radius 1 is 1.37 bits per heavy atom. The lowest BCUT2D eigenvalue weighted by Gasteiger charge is -2.10. The maximum absolute atomic E-state index is 6.09. The van der Waals surface area contributed by atoms with Gasteiger partial charge in [0, 0.05) is 22.7 Å². The Morgan fingerprint density at radius 2 is 2.21 bits per heavy atom. The van der Waals surface area contributed by atoms with Gasteiger partial charge in [0.25, 0.3) is 0 Å². The third-order valence-corrected chi connectivity index (χ3v) is 4.78. The standard InChI is InChI=1S/C14H14BrClN2S/c1-2-17-9-10-5-6-11(16)8-13(10)19-14-12(15)4-3-7-18-14/h3-8,17H,2,9H2,1H3. The Bertz CT molecular complexity index is 563. The molecule has 0 aliphatic heterocycles. The van der Waals surface area contributed by atoms with Crippen LogP contribution in [0, 0.1) is 0 Å². The number of hydrogen-bond donors (Lipinski definition) is 1. The van der Waals surface area contributed by atoms with Gasteiger partial charge in [-0.05, 0) is 52.3 Å². The molecular formula is C14H14BrClN2S. The van der Waals surface area contributed by atoms with E-state index in [2.05, 4.69) is 39.2 Å². The average Bonchev–Trinajstić information content (AvgIpc) is 2.40. The minimum Gasteiger partial charge on any atom is -0.313 e. The van der Waals surface area contributed by atoms with Crippen molar-refractivity contribution in [3.63, 3.8) is 0 Å². The quantitative estimate of drug-likeness (QED) is 0.835. The summed E-state index contributed by atoms with van der Waals surface area (Å²) in [7, 11) is 0. The summed E-state index contributed by atoms with van der Waals surface area (Å²) in [5, 5.41) is 5.03. The second-order valence-electron chi connectivity index (χ2n) is 3.92. The summed E-state index contributed by atoms with van der Waals surface area (Å²) in [4.78, 5) is 5.51. The molecule has 100 valence electrons. The third kappa shape index (κ3) is 4.21. The van der Waals surface area contributed by atoms with E-state index >= 15 is 0 Å². The lowest BCUT2D eigenvalue weighted by molar-refractivity contribution is 0.718. The SMILES string of the molecule is CCNCc1ccc(Cl)cc1Sc1ncccc1Br. The minimum atomic E-state index is 0.745. The summed E-state index contributed by atoms with van der Waals surface area (Å²) in [5.74, 6) is 0. The van der Waals surface area contributed by atoms with Crippen LogP contribution in [0.15, 0.2) is 50.9 Å². The molecule has 0 spiro atoms. The van der Waals surface area contributed by atoms with Crippen LogP contribution < -0.4 is 5.32 Å². The van der Waals surface area contributed by atoms with Crippen molar-refractivity contribution >= 4 is 39.3 Å². The largest absolute Gasteiger partial charge is 0.313 e. The van der Waals surface area contributed by atoms with Gasteiger partial charge in [0.05, 0.1) is 4.47 Å². The first kappa shape index (κ1) is 14.9. The Hall–Kier alpha value is -0.550. The van der Waals surface area contributed by atoms with Crippen LogP contribution in [0.3, 0.4) is 0 Å². The van der Waals surface area contributed by atoms with Gasteiger partial charge in [0.15, 0.2) is 0 Å². The van der Waals surface area contributed by atoms with E-state index in [-0.39, 0.29) is 0 Å². The molecule has 0 saturated carbocycles. The van der Waals surface area contributed by atoms with Crippen molar-refractivity contribution in [3.05, 3.63) is 51.6 Å². The predicted octanol–water partition coefficient (Wildman–Crippen LogP) is 4.76. The Kier molecular flexibility index (Phi) is 5.70. The molecule has 0 aliphatic carbocycles. The lowest BCUT2D eigenvalue weighted by Crippen LogP contribution is -2.12. The predicted molar refractivity (Wildman–Crippen MR) is 84.9 cm³/mol. The first-order valence-electron chi connectivity index (χ1n) is 5.98. The number of benzene rings is 1. The van der Waals surface area contributed by atoms with Crippen molar-refractivity contribution in [1.82, 2.24) is 10.3 Å². The Labute approximate surface area is 131 Å². The topological polar surface area (TPSA) is 24.9 Å². The van der Waals surface area contributed by atoms with Gasteiger partial charge in [-0.3, -0.25) is 0 Å². The minimum absolute atomic E-state index is 0.745. The molecule has 2 aromatic rings. The molecule has 0 atom stereocenters. The zero-order chi connectivity index (χ0) is 13.7. The van der Waals surface area contributed by atoms with Crippen molar-refractivity contribution < 1.29 is 0 Å². The molecule has 1 aromatic heterocycles. The fourth-order valence-electron chi connectivity index (χ4n) is 1.58. The molecule has 1 heterocycles. The van der Waals surface area contributed by atoms with Crippen molar-refractivity contribution in [3.8, 4) is 0 Å². The smallest absolute Gasteiger partial charge is 0.115 e. The molecule has 0 fully saturated rings. The van der Waals surface area contributed by atoms with Crippen LogP contribution in [-0.4, -0.2) is 11.5 Å². The van der Waals surface area contributed by atoms with Crippen LogP contribution in [0.1, 0.15) is 12.5 Å². The van der Waals surface area contributed by atoms with E-state index in [0.717, 1.165) is 32.5 Å². The van der Waals surface area contributed by atoms with Crippen LogP contribution in [-0.2, 0) is 6.54 Å². The zero-order valence-corrected chi connectivity index (χ0v) is 13.6. The summed E-state index contributed by atoms with van der Waals surface area (Å²) in [5.41, 5.74) is 1.23. The normalized spacial score (nSPS) is 10.7. The number of rotatable bonds is 5. The highest BCUT2D eigenvalue weighted by molar-refractivity contribution is 9.10. The first-order valence-corrected chi connectivity index (χ1v) is 7.97. The van der Waals surface area contributed by atoms with Crippen LogP contribution in [0.4, 0.5) is 0 Å². The van der Waals surface area contributed by atoms with Gasteiger partial charge in [-0.15, -0.1) is 0 Å². The first-order chi connectivity index (χ1) is 9.20. The number of pyridine rings is 1. The van der Waals surface area contributed by atoms with Crippen LogP contribution >= 0.6 is 39.3 Å². The van der Waals surface area contributed by atoms with Crippen LogP contribution in [0.5, 0.6) is 0 Å². The van der Waals surface area contributed by atoms with Gasteiger partial charge < -0.3 is 5.32 Å². The fourth-order valence-corrected chi connectivity index (χ4v) is 3.26. The highest BCUT2D eigenvalue weighted by Gasteiger charge is 2.08. The number of aromatic nitrogens is 1. The van der Waals surface area contributed by atoms with E-state index in [9.17, 15) is 0 Å². The number of nitrogens with zero attached hydrogens (tertiary/aromatic N) is 1. The van der Waals surface area contributed by atoms with Crippen molar-refractivity contribution in [2.24, 2.45) is 0 Å². The van der Waals surface area contributed by atoms with Crippen molar-refractivity contribution in [2.45, 2.75) is 23.4 Å². The zero-order valence-electron chi connectivity index (χ0n) is 10.5. The van der Waals surface area contributed by atoms with E-state index < -0.39 is 0 Å². The second kappa shape index (κ2) is 7.29. The highest BCUT2D eigenvalue weighted by atomic mass is 79.9. The van der Waals surface area contributed by atoms with Gasteiger partial charge in [-0.1, -0.05) is 36.4 Å². The maximum Gasteiger partial charge on any atom is 0.115 e. The van der Waals surface area contributed by atoms with E-state index in [4.69, 9.17) is 11.6 Å². The molecule has 0 radical (unpaired) electrons. The summed E-state index contributed by atoms with van der Waals surface area (Å²) in [6.45, 7) is 3.87. The van der Waals surface area contributed by atoms with E-state index in [1.54, 1.807) is 18.0 Å². The van der Waals surface area contributed by atoms with E-state index in [1.807, 2.05) is 24.3 Å². The molecule has 1 N–H and O–H groups in total. The molecule has 0 unspecified atom stereocenters. The molecule has 19 heavy (non-hydrogen) atoms. The molecular weight excluding hydrogens is 344 g/mol. The highest BCUT2D eigenvalue weighted by Crippen LogP contribution is 2.35. The number of hydrogen-bond acceptors (Lipinski definition) is 3. The average molecular weight is 358 g/mol. The van der Waals surface area contributed by atoms with Crippen molar-refractivity contribution in [1.29, 1.82) is 0 Å². The molecule has 1 aromatic carbocycles. The molecule has 0 amide bonds. The van der Waals surface area contributed by atoms with Crippen LogP contribution in [0.25, 0.3) is 0 Å². The number of halogens is 2. The van der Waals surface area contributed by atoms with Gasteiger partial charge >= 0.3 is 0 Å². The lowest BCUT2D eigenvalue weighted by atomic mass is 10.2. The molecule has 2 nitrogen and oxygen atoms in total. The Balaban J connectivity index is 2.27. The molecule has 5 heteroatoms. The van der Waals surface area contributed by atoms with Gasteiger partial charge in [-0.2, -0.15) is 0 Å². The molecule has 0 aliphatic rings. The van der Waals surface area contributed by atoms with Gasteiger partial charge in [0.2, 0.25) is 0 Å². The number of nitrogens with one attached hydrogen (secondary N) is 1. The van der Waals surface area contributed by atoms with E-state index in [0.29, 0.717) is 0 Å². The summed E-state index contributed by atoms with van der Waals surface area (Å²) >= 11 is 11.2.